The highest BCUT2D eigenvalue weighted by molar-refractivity contribution is 5.57. The first-order valence-corrected chi connectivity index (χ1v) is 8.67. The standard InChI is InChI=1S/C19H27N3O2/c1-14(2)22(13-19-15(3)20-24-16(19)4)18-7-5-17(6-8-18)21-9-11-23-12-10-21/h5-8,14H,9-13H2,1-4H3. The molecule has 3 rings (SSSR count). The molecule has 1 saturated heterocycles. The summed E-state index contributed by atoms with van der Waals surface area (Å²) in [6, 6.07) is 9.24. The average molecular weight is 329 g/mol. The zero-order valence-corrected chi connectivity index (χ0v) is 15.1. The Hall–Kier alpha value is -2.01. The van der Waals surface area contributed by atoms with Crippen LogP contribution in [0.4, 0.5) is 11.4 Å². The normalized spacial score (nSPS) is 15.1. The Morgan fingerprint density at radius 1 is 1.12 bits per heavy atom. The summed E-state index contributed by atoms with van der Waals surface area (Å²) in [5.41, 5.74) is 4.65. The van der Waals surface area contributed by atoms with Crippen LogP contribution in [0, 0.1) is 13.8 Å². The number of rotatable bonds is 5. The molecule has 5 nitrogen and oxygen atoms in total. The minimum Gasteiger partial charge on any atom is -0.378 e. The lowest BCUT2D eigenvalue weighted by Gasteiger charge is -2.31. The molecule has 0 radical (unpaired) electrons. The lowest BCUT2D eigenvalue weighted by atomic mass is 10.1. The first-order valence-electron chi connectivity index (χ1n) is 8.67. The zero-order chi connectivity index (χ0) is 17.1. The van der Waals surface area contributed by atoms with E-state index < -0.39 is 0 Å². The topological polar surface area (TPSA) is 41.7 Å². The van der Waals surface area contributed by atoms with Crippen LogP contribution in [0.3, 0.4) is 0 Å². The monoisotopic (exact) mass is 329 g/mol. The van der Waals surface area contributed by atoms with Gasteiger partial charge >= 0.3 is 0 Å². The molecule has 1 fully saturated rings. The second kappa shape index (κ2) is 7.26. The highest BCUT2D eigenvalue weighted by atomic mass is 16.5. The number of nitrogens with zero attached hydrogens (tertiary/aromatic N) is 3. The molecule has 130 valence electrons. The second-order valence-corrected chi connectivity index (χ2v) is 6.64. The molecule has 0 saturated carbocycles. The molecule has 2 aromatic rings. The van der Waals surface area contributed by atoms with Crippen molar-refractivity contribution in [2.24, 2.45) is 0 Å². The number of aryl methyl sites for hydroxylation is 2. The molecule has 5 heteroatoms. The SMILES string of the molecule is Cc1noc(C)c1CN(c1ccc(N2CCOCC2)cc1)C(C)C. The van der Waals surface area contributed by atoms with E-state index in [-0.39, 0.29) is 0 Å². The fourth-order valence-electron chi connectivity index (χ4n) is 3.15. The van der Waals surface area contributed by atoms with Crippen LogP contribution < -0.4 is 9.80 Å². The predicted octanol–water partition coefficient (Wildman–Crippen LogP) is 3.54. The molecular weight excluding hydrogens is 302 g/mol. The van der Waals surface area contributed by atoms with E-state index in [0.29, 0.717) is 6.04 Å². The van der Waals surface area contributed by atoms with Gasteiger partial charge in [-0.3, -0.25) is 0 Å². The van der Waals surface area contributed by atoms with Gasteiger partial charge in [0.1, 0.15) is 5.76 Å². The Morgan fingerprint density at radius 3 is 2.33 bits per heavy atom. The highest BCUT2D eigenvalue weighted by Gasteiger charge is 2.18. The van der Waals surface area contributed by atoms with Crippen molar-refractivity contribution in [1.82, 2.24) is 5.16 Å². The van der Waals surface area contributed by atoms with Gasteiger partial charge < -0.3 is 19.1 Å². The first kappa shape index (κ1) is 16.8. The van der Waals surface area contributed by atoms with Gasteiger partial charge in [-0.1, -0.05) is 5.16 Å². The van der Waals surface area contributed by atoms with Crippen LogP contribution in [0.15, 0.2) is 28.8 Å². The minimum atomic E-state index is 0.396. The van der Waals surface area contributed by atoms with E-state index in [1.807, 2.05) is 13.8 Å². The van der Waals surface area contributed by atoms with Gasteiger partial charge in [0.05, 0.1) is 18.9 Å². The van der Waals surface area contributed by atoms with Crippen molar-refractivity contribution < 1.29 is 9.26 Å². The largest absolute Gasteiger partial charge is 0.378 e. The van der Waals surface area contributed by atoms with Gasteiger partial charge in [0, 0.05) is 42.6 Å². The lowest BCUT2D eigenvalue weighted by Crippen LogP contribution is -2.36. The summed E-state index contributed by atoms with van der Waals surface area (Å²) in [5.74, 6) is 0.906. The van der Waals surface area contributed by atoms with Crippen LogP contribution in [0.1, 0.15) is 30.9 Å². The number of hydrogen-bond acceptors (Lipinski definition) is 5. The number of aromatic nitrogens is 1. The number of morpholine rings is 1. The molecule has 1 aromatic heterocycles. The van der Waals surface area contributed by atoms with Crippen LogP contribution >= 0.6 is 0 Å². The third kappa shape index (κ3) is 3.56. The highest BCUT2D eigenvalue weighted by Crippen LogP contribution is 2.26. The summed E-state index contributed by atoms with van der Waals surface area (Å²) in [6.07, 6.45) is 0. The maximum absolute atomic E-state index is 5.43. The van der Waals surface area contributed by atoms with Gasteiger partial charge in [0.2, 0.25) is 0 Å². The Labute approximate surface area is 144 Å². The van der Waals surface area contributed by atoms with Gasteiger partial charge in [0.25, 0.3) is 0 Å². The van der Waals surface area contributed by atoms with Gasteiger partial charge in [-0.2, -0.15) is 0 Å². The maximum Gasteiger partial charge on any atom is 0.138 e. The predicted molar refractivity (Wildman–Crippen MR) is 96.8 cm³/mol. The first-order chi connectivity index (χ1) is 11.6. The van der Waals surface area contributed by atoms with E-state index >= 15 is 0 Å². The Kier molecular flexibility index (Phi) is 5.09. The third-order valence-corrected chi connectivity index (χ3v) is 4.69. The molecule has 0 atom stereocenters. The summed E-state index contributed by atoms with van der Waals surface area (Å²) < 4.78 is 10.7. The summed E-state index contributed by atoms with van der Waals surface area (Å²) in [6.45, 7) is 12.8. The van der Waals surface area contributed by atoms with Crippen molar-refractivity contribution in [2.75, 3.05) is 36.1 Å². The quantitative estimate of drug-likeness (QED) is 0.839. The fourth-order valence-corrected chi connectivity index (χ4v) is 3.15. The van der Waals surface area contributed by atoms with E-state index in [4.69, 9.17) is 9.26 Å². The summed E-state index contributed by atoms with van der Waals surface area (Å²) in [7, 11) is 0. The van der Waals surface area contributed by atoms with Crippen LogP contribution in [0.25, 0.3) is 0 Å². The van der Waals surface area contributed by atoms with Crippen LogP contribution in [0.2, 0.25) is 0 Å². The molecule has 0 spiro atoms. The minimum absolute atomic E-state index is 0.396. The van der Waals surface area contributed by atoms with Crippen molar-refractivity contribution in [1.29, 1.82) is 0 Å². The Morgan fingerprint density at radius 2 is 1.79 bits per heavy atom. The smallest absolute Gasteiger partial charge is 0.138 e. The van der Waals surface area contributed by atoms with E-state index in [0.717, 1.165) is 44.3 Å². The van der Waals surface area contributed by atoms with Gasteiger partial charge in [-0.15, -0.1) is 0 Å². The van der Waals surface area contributed by atoms with Gasteiger partial charge in [-0.05, 0) is 52.0 Å². The average Bonchev–Trinajstić information content (AvgIpc) is 2.92. The van der Waals surface area contributed by atoms with E-state index in [1.54, 1.807) is 0 Å². The van der Waals surface area contributed by atoms with Crippen LogP contribution in [0.5, 0.6) is 0 Å². The van der Waals surface area contributed by atoms with Gasteiger partial charge in [0.15, 0.2) is 0 Å². The molecule has 0 N–H and O–H groups in total. The van der Waals surface area contributed by atoms with Gasteiger partial charge in [-0.25, -0.2) is 0 Å². The molecule has 0 amide bonds. The molecule has 2 heterocycles. The number of ether oxygens (including phenoxy) is 1. The maximum atomic E-state index is 5.43. The molecule has 1 aromatic carbocycles. The Bertz CT molecular complexity index is 638. The molecule has 0 unspecified atom stereocenters. The van der Waals surface area contributed by atoms with Crippen molar-refractivity contribution in [2.45, 2.75) is 40.3 Å². The van der Waals surface area contributed by atoms with Crippen LogP contribution in [-0.4, -0.2) is 37.5 Å². The fraction of sp³-hybridized carbons (Fsp3) is 0.526. The molecule has 1 aliphatic heterocycles. The molecule has 0 aliphatic carbocycles. The molecule has 0 bridgehead atoms. The molecular formula is C19H27N3O2. The number of benzene rings is 1. The third-order valence-electron chi connectivity index (χ3n) is 4.69. The zero-order valence-electron chi connectivity index (χ0n) is 15.1. The van der Waals surface area contributed by atoms with E-state index in [9.17, 15) is 0 Å². The lowest BCUT2D eigenvalue weighted by molar-refractivity contribution is 0.122. The summed E-state index contributed by atoms with van der Waals surface area (Å²) in [4.78, 5) is 4.76. The molecule has 1 aliphatic rings. The number of anilines is 2. The molecule has 24 heavy (non-hydrogen) atoms. The summed E-state index contributed by atoms with van der Waals surface area (Å²) >= 11 is 0. The summed E-state index contributed by atoms with van der Waals surface area (Å²) in [5, 5.41) is 4.08. The van der Waals surface area contributed by atoms with Crippen molar-refractivity contribution in [3.05, 3.63) is 41.3 Å². The Balaban J connectivity index is 1.78. The van der Waals surface area contributed by atoms with Crippen molar-refractivity contribution >= 4 is 11.4 Å². The van der Waals surface area contributed by atoms with Crippen molar-refractivity contribution in [3.8, 4) is 0 Å². The van der Waals surface area contributed by atoms with E-state index in [1.165, 1.54) is 16.9 Å². The van der Waals surface area contributed by atoms with Crippen LogP contribution in [-0.2, 0) is 11.3 Å². The number of hydrogen-bond donors (Lipinski definition) is 0. The second-order valence-electron chi connectivity index (χ2n) is 6.64. The van der Waals surface area contributed by atoms with Crippen molar-refractivity contribution in [3.63, 3.8) is 0 Å². The van der Waals surface area contributed by atoms with E-state index in [2.05, 4.69) is 53.1 Å².